The Kier molecular flexibility index (Phi) is 4.27. The maximum absolute atomic E-state index is 12.1. The van der Waals surface area contributed by atoms with E-state index < -0.39 is 10.0 Å². The van der Waals surface area contributed by atoms with Gasteiger partial charge in [0.25, 0.3) is 10.0 Å². The molecule has 0 spiro atoms. The van der Waals surface area contributed by atoms with E-state index in [1.54, 1.807) is 32.0 Å². The molecule has 0 atom stereocenters. The van der Waals surface area contributed by atoms with Crippen LogP contribution in [0.25, 0.3) is 0 Å². The zero-order valence-corrected chi connectivity index (χ0v) is 12.5. The van der Waals surface area contributed by atoms with Gasteiger partial charge >= 0.3 is 0 Å². The van der Waals surface area contributed by atoms with Crippen molar-refractivity contribution in [3.05, 3.63) is 36.0 Å². The molecule has 7 nitrogen and oxygen atoms in total. The molecule has 2 rings (SSSR count). The number of aryl methyl sites for hydroxylation is 1. The number of hydrogen-bond donors (Lipinski definition) is 3. The van der Waals surface area contributed by atoms with Gasteiger partial charge in [-0.1, -0.05) is 13.0 Å². The molecule has 1 heterocycles. The van der Waals surface area contributed by atoms with Crippen LogP contribution in [0.5, 0.6) is 0 Å². The molecule has 0 radical (unpaired) electrons. The fraction of sp³-hybridized carbons (Fsp3) is 0.231. The number of H-pyrrole nitrogens is 1. The second kappa shape index (κ2) is 5.96. The maximum Gasteiger partial charge on any atom is 0.278 e. The van der Waals surface area contributed by atoms with Crippen molar-refractivity contribution in [3.8, 4) is 0 Å². The third kappa shape index (κ3) is 3.60. The predicted molar refractivity (Wildman–Crippen MR) is 79.5 cm³/mol. The summed E-state index contributed by atoms with van der Waals surface area (Å²) in [6, 6.07) is 6.39. The first kappa shape index (κ1) is 15.0. The van der Waals surface area contributed by atoms with E-state index in [4.69, 9.17) is 0 Å². The molecule has 0 unspecified atom stereocenters. The number of benzene rings is 1. The largest absolute Gasteiger partial charge is 0.326 e. The van der Waals surface area contributed by atoms with Crippen molar-refractivity contribution in [1.82, 2.24) is 10.2 Å². The fourth-order valence-electron chi connectivity index (χ4n) is 1.65. The van der Waals surface area contributed by atoms with Gasteiger partial charge in [0.2, 0.25) is 5.91 Å². The van der Waals surface area contributed by atoms with Gasteiger partial charge in [-0.2, -0.15) is 13.5 Å². The molecule has 0 saturated heterocycles. The van der Waals surface area contributed by atoms with Crippen LogP contribution in [0.2, 0.25) is 0 Å². The topological polar surface area (TPSA) is 104 Å². The van der Waals surface area contributed by atoms with Crippen molar-refractivity contribution >= 4 is 27.3 Å². The molecule has 21 heavy (non-hydrogen) atoms. The highest BCUT2D eigenvalue weighted by Crippen LogP contribution is 2.23. The lowest BCUT2D eigenvalue weighted by molar-refractivity contribution is -0.115. The Balaban J connectivity index is 2.27. The molecule has 3 N–H and O–H groups in total. The molecule has 8 heteroatoms. The number of nitrogens with one attached hydrogen (secondary N) is 3. The van der Waals surface area contributed by atoms with E-state index in [1.807, 2.05) is 0 Å². The number of carbonyl (C=O) groups is 1. The SMILES string of the molecule is CCC(=O)Nc1ccc(C)c(NS(=O)(=O)c2ccn[nH]2)c1. The van der Waals surface area contributed by atoms with Crippen LogP contribution < -0.4 is 10.0 Å². The monoisotopic (exact) mass is 308 g/mol. The van der Waals surface area contributed by atoms with Crippen LogP contribution in [0.4, 0.5) is 11.4 Å². The molecule has 0 aliphatic carbocycles. The average molecular weight is 308 g/mol. The fourth-order valence-corrected chi connectivity index (χ4v) is 2.68. The van der Waals surface area contributed by atoms with Crippen molar-refractivity contribution in [3.63, 3.8) is 0 Å². The van der Waals surface area contributed by atoms with Gasteiger partial charge in [-0.15, -0.1) is 0 Å². The van der Waals surface area contributed by atoms with Crippen LogP contribution in [0.15, 0.2) is 35.5 Å². The normalized spacial score (nSPS) is 11.1. The van der Waals surface area contributed by atoms with Crippen LogP contribution in [0.1, 0.15) is 18.9 Å². The lowest BCUT2D eigenvalue weighted by Gasteiger charge is -2.11. The van der Waals surface area contributed by atoms with E-state index in [9.17, 15) is 13.2 Å². The lowest BCUT2D eigenvalue weighted by atomic mass is 10.2. The summed E-state index contributed by atoms with van der Waals surface area (Å²) in [6.07, 6.45) is 1.71. The van der Waals surface area contributed by atoms with Crippen molar-refractivity contribution < 1.29 is 13.2 Å². The van der Waals surface area contributed by atoms with E-state index >= 15 is 0 Å². The van der Waals surface area contributed by atoms with Crippen molar-refractivity contribution in [2.75, 3.05) is 10.0 Å². The number of aromatic amines is 1. The van der Waals surface area contributed by atoms with E-state index in [0.29, 0.717) is 17.8 Å². The van der Waals surface area contributed by atoms with Gasteiger partial charge in [0.05, 0.1) is 11.9 Å². The predicted octanol–water partition coefficient (Wildman–Crippen LogP) is 1.87. The van der Waals surface area contributed by atoms with E-state index in [2.05, 4.69) is 20.2 Å². The smallest absolute Gasteiger partial charge is 0.278 e. The van der Waals surface area contributed by atoms with Crippen LogP contribution in [0, 0.1) is 6.92 Å². The minimum absolute atomic E-state index is 0.0232. The molecular weight excluding hydrogens is 292 g/mol. The Morgan fingerprint density at radius 2 is 2.10 bits per heavy atom. The minimum Gasteiger partial charge on any atom is -0.326 e. The third-order valence-corrected chi connectivity index (χ3v) is 4.15. The van der Waals surface area contributed by atoms with Crippen LogP contribution in [0.3, 0.4) is 0 Å². The van der Waals surface area contributed by atoms with Crippen molar-refractivity contribution in [1.29, 1.82) is 0 Å². The summed E-state index contributed by atoms with van der Waals surface area (Å²) in [5, 5.41) is 8.68. The Bertz CT molecular complexity index is 739. The maximum atomic E-state index is 12.1. The third-order valence-electron chi connectivity index (χ3n) is 2.85. The molecule has 0 aliphatic heterocycles. The van der Waals surface area contributed by atoms with Crippen LogP contribution in [-0.4, -0.2) is 24.5 Å². The second-order valence-corrected chi connectivity index (χ2v) is 6.11. The first-order valence-electron chi connectivity index (χ1n) is 6.35. The number of anilines is 2. The zero-order chi connectivity index (χ0) is 15.5. The number of aromatic nitrogens is 2. The van der Waals surface area contributed by atoms with Gasteiger partial charge in [0, 0.05) is 12.1 Å². The van der Waals surface area contributed by atoms with Gasteiger partial charge in [0.15, 0.2) is 5.03 Å². The second-order valence-electron chi connectivity index (χ2n) is 4.46. The highest BCUT2D eigenvalue weighted by atomic mass is 32.2. The first-order chi connectivity index (χ1) is 9.92. The summed E-state index contributed by atoms with van der Waals surface area (Å²) in [7, 11) is -3.72. The molecule has 1 aromatic carbocycles. The molecule has 2 aromatic rings. The Morgan fingerprint density at radius 3 is 2.71 bits per heavy atom. The summed E-state index contributed by atoms with van der Waals surface area (Å²) in [4.78, 5) is 11.4. The number of carbonyl (C=O) groups excluding carboxylic acids is 1. The number of amides is 1. The summed E-state index contributed by atoms with van der Waals surface area (Å²) >= 11 is 0. The molecule has 1 amide bonds. The molecule has 0 aliphatic rings. The van der Waals surface area contributed by atoms with Crippen LogP contribution >= 0.6 is 0 Å². The van der Waals surface area contributed by atoms with Gasteiger partial charge in [-0.25, -0.2) is 0 Å². The van der Waals surface area contributed by atoms with Crippen LogP contribution in [-0.2, 0) is 14.8 Å². The number of sulfonamides is 1. The molecule has 1 aromatic heterocycles. The highest BCUT2D eigenvalue weighted by molar-refractivity contribution is 7.92. The highest BCUT2D eigenvalue weighted by Gasteiger charge is 2.16. The van der Waals surface area contributed by atoms with Gasteiger partial charge < -0.3 is 5.32 Å². The Hall–Kier alpha value is -2.35. The quantitative estimate of drug-likeness (QED) is 0.784. The first-order valence-corrected chi connectivity index (χ1v) is 7.83. The Morgan fingerprint density at radius 1 is 1.33 bits per heavy atom. The molecule has 0 bridgehead atoms. The van der Waals surface area contributed by atoms with E-state index in [-0.39, 0.29) is 10.9 Å². The van der Waals surface area contributed by atoms with E-state index in [0.717, 1.165) is 5.56 Å². The molecular formula is C13H16N4O3S. The summed E-state index contributed by atoms with van der Waals surface area (Å²) in [5.74, 6) is -0.138. The summed E-state index contributed by atoms with van der Waals surface area (Å²) in [6.45, 7) is 3.52. The zero-order valence-electron chi connectivity index (χ0n) is 11.7. The van der Waals surface area contributed by atoms with Gasteiger partial charge in [0.1, 0.15) is 0 Å². The minimum atomic E-state index is -3.72. The van der Waals surface area contributed by atoms with Gasteiger partial charge in [-0.3, -0.25) is 14.6 Å². The summed E-state index contributed by atoms with van der Waals surface area (Å²) < 4.78 is 26.7. The lowest BCUT2D eigenvalue weighted by Crippen LogP contribution is -2.15. The molecule has 0 saturated carbocycles. The van der Waals surface area contributed by atoms with Crippen molar-refractivity contribution in [2.24, 2.45) is 0 Å². The Labute approximate surface area is 122 Å². The van der Waals surface area contributed by atoms with E-state index in [1.165, 1.54) is 12.3 Å². The molecule has 0 fully saturated rings. The molecule has 112 valence electrons. The average Bonchev–Trinajstić information content (AvgIpc) is 2.97. The number of rotatable bonds is 5. The van der Waals surface area contributed by atoms with Gasteiger partial charge in [-0.05, 0) is 30.7 Å². The number of nitrogens with zero attached hydrogens (tertiary/aromatic N) is 1. The number of hydrogen-bond acceptors (Lipinski definition) is 4. The standard InChI is InChI=1S/C13H16N4O3S/c1-3-12(18)15-10-5-4-9(2)11(8-10)17-21(19,20)13-6-7-14-16-13/h4-8,17H,3H2,1-2H3,(H,14,16)(H,15,18). The van der Waals surface area contributed by atoms with Crippen molar-refractivity contribution in [2.45, 2.75) is 25.3 Å². The summed E-state index contributed by atoms with van der Waals surface area (Å²) in [5.41, 5.74) is 1.68.